The molecule has 0 unspecified atom stereocenters. The smallest absolute Gasteiger partial charge is 0.231 e. The standard InChI is InChI=1S/C20H18O7/c21-20-8-23-18(11-1-3-14-16(5-11)26-9-24-14)13(20)7-22-19(20)12-2-4-15-17(6-12)27-10-25-15/h1-6,13,18-19,21H,7-10H2/t13-,18-,19+,20+/m0/s1. The van der Waals surface area contributed by atoms with Crippen LogP contribution in [0.15, 0.2) is 36.4 Å². The van der Waals surface area contributed by atoms with Crippen LogP contribution in [-0.4, -0.2) is 37.5 Å². The molecular weight excluding hydrogens is 352 g/mol. The predicted octanol–water partition coefficient (Wildman–Crippen LogP) is 2.33. The molecular formula is C20H18O7. The summed E-state index contributed by atoms with van der Waals surface area (Å²) >= 11 is 0. The summed E-state index contributed by atoms with van der Waals surface area (Å²) < 4.78 is 33.7. The second-order valence-electron chi connectivity index (χ2n) is 7.27. The first-order chi connectivity index (χ1) is 13.2. The highest BCUT2D eigenvalue weighted by atomic mass is 16.7. The monoisotopic (exact) mass is 370 g/mol. The van der Waals surface area contributed by atoms with E-state index in [0.717, 1.165) is 16.9 Å². The lowest BCUT2D eigenvalue weighted by Gasteiger charge is -2.27. The van der Waals surface area contributed by atoms with Crippen LogP contribution in [0.25, 0.3) is 0 Å². The lowest BCUT2D eigenvalue weighted by molar-refractivity contribution is -0.0628. The maximum atomic E-state index is 11.4. The Bertz CT molecular complexity index is 913. The molecule has 4 aliphatic heterocycles. The van der Waals surface area contributed by atoms with E-state index in [4.69, 9.17) is 28.4 Å². The van der Waals surface area contributed by atoms with Gasteiger partial charge in [-0.05, 0) is 35.4 Å². The Morgan fingerprint density at radius 1 is 0.778 bits per heavy atom. The summed E-state index contributed by atoms with van der Waals surface area (Å²) in [5.41, 5.74) is 0.712. The molecule has 27 heavy (non-hydrogen) atoms. The van der Waals surface area contributed by atoms with Crippen molar-refractivity contribution >= 4 is 0 Å². The largest absolute Gasteiger partial charge is 0.454 e. The number of ether oxygens (including phenoxy) is 6. The van der Waals surface area contributed by atoms with Crippen molar-refractivity contribution in [2.24, 2.45) is 5.92 Å². The normalized spacial score (nSPS) is 32.7. The molecule has 4 aliphatic rings. The first-order valence-corrected chi connectivity index (χ1v) is 8.97. The highest BCUT2D eigenvalue weighted by molar-refractivity contribution is 5.47. The van der Waals surface area contributed by atoms with Crippen molar-refractivity contribution in [2.75, 3.05) is 26.8 Å². The molecule has 0 spiro atoms. The molecule has 0 radical (unpaired) electrons. The van der Waals surface area contributed by atoms with E-state index in [1.54, 1.807) is 0 Å². The quantitative estimate of drug-likeness (QED) is 0.870. The average Bonchev–Trinajstić information content (AvgIpc) is 3.43. The summed E-state index contributed by atoms with van der Waals surface area (Å²) in [6, 6.07) is 11.4. The maximum absolute atomic E-state index is 11.4. The van der Waals surface area contributed by atoms with E-state index >= 15 is 0 Å². The number of hydrogen-bond acceptors (Lipinski definition) is 7. The third kappa shape index (κ3) is 2.19. The second-order valence-corrected chi connectivity index (χ2v) is 7.27. The molecule has 2 fully saturated rings. The average molecular weight is 370 g/mol. The number of aliphatic hydroxyl groups is 1. The first kappa shape index (κ1) is 15.6. The van der Waals surface area contributed by atoms with Crippen molar-refractivity contribution in [3.8, 4) is 23.0 Å². The lowest BCUT2D eigenvalue weighted by atomic mass is 9.81. The van der Waals surface area contributed by atoms with Gasteiger partial charge in [0.15, 0.2) is 23.0 Å². The van der Waals surface area contributed by atoms with Crippen LogP contribution in [0.2, 0.25) is 0 Å². The number of hydrogen-bond donors (Lipinski definition) is 1. The van der Waals surface area contributed by atoms with Crippen LogP contribution < -0.4 is 18.9 Å². The summed E-state index contributed by atoms with van der Waals surface area (Å²) in [6.07, 6.45) is -0.737. The SMILES string of the molecule is O[C@]12CO[C@@H](c3ccc4c(c3)OCO4)[C@@H]1CO[C@@H]2c1ccc2c(c1)OCO2. The zero-order valence-corrected chi connectivity index (χ0v) is 14.4. The van der Waals surface area contributed by atoms with Crippen LogP contribution in [0.5, 0.6) is 23.0 Å². The van der Waals surface area contributed by atoms with Gasteiger partial charge in [-0.2, -0.15) is 0 Å². The van der Waals surface area contributed by atoms with E-state index in [2.05, 4.69) is 0 Å². The van der Waals surface area contributed by atoms with Crippen LogP contribution >= 0.6 is 0 Å². The van der Waals surface area contributed by atoms with Crippen molar-refractivity contribution in [3.05, 3.63) is 47.5 Å². The first-order valence-electron chi connectivity index (χ1n) is 8.97. The second kappa shape index (κ2) is 5.51. The molecule has 0 saturated carbocycles. The Kier molecular flexibility index (Phi) is 3.18. The van der Waals surface area contributed by atoms with Gasteiger partial charge in [-0.3, -0.25) is 0 Å². The van der Waals surface area contributed by atoms with E-state index in [1.165, 1.54) is 0 Å². The molecule has 0 aromatic heterocycles. The molecule has 4 atom stereocenters. The number of rotatable bonds is 2. The summed E-state index contributed by atoms with van der Waals surface area (Å²) in [7, 11) is 0. The zero-order chi connectivity index (χ0) is 18.0. The van der Waals surface area contributed by atoms with Crippen LogP contribution in [0.1, 0.15) is 23.3 Å². The Morgan fingerprint density at radius 2 is 1.41 bits per heavy atom. The van der Waals surface area contributed by atoms with Crippen molar-refractivity contribution in [3.63, 3.8) is 0 Å². The molecule has 140 valence electrons. The Balaban J connectivity index is 1.31. The van der Waals surface area contributed by atoms with Gasteiger partial charge < -0.3 is 33.5 Å². The molecule has 4 heterocycles. The molecule has 0 amide bonds. The van der Waals surface area contributed by atoms with Crippen LogP contribution in [0, 0.1) is 5.92 Å². The summed E-state index contributed by atoms with van der Waals surface area (Å²) in [6.45, 7) is 1.06. The Hall–Kier alpha value is -2.48. The van der Waals surface area contributed by atoms with E-state index in [-0.39, 0.29) is 32.2 Å². The van der Waals surface area contributed by atoms with Gasteiger partial charge in [0, 0.05) is 5.92 Å². The van der Waals surface area contributed by atoms with Crippen molar-refractivity contribution < 1.29 is 33.5 Å². The highest BCUT2D eigenvalue weighted by Crippen LogP contribution is 2.54. The molecule has 7 nitrogen and oxygen atoms in total. The van der Waals surface area contributed by atoms with Gasteiger partial charge in [-0.25, -0.2) is 0 Å². The van der Waals surface area contributed by atoms with Crippen LogP contribution in [0.3, 0.4) is 0 Å². The molecule has 0 bridgehead atoms. The highest BCUT2D eigenvalue weighted by Gasteiger charge is 2.59. The van der Waals surface area contributed by atoms with Gasteiger partial charge in [0.2, 0.25) is 13.6 Å². The zero-order valence-electron chi connectivity index (χ0n) is 14.4. The fraction of sp³-hybridized carbons (Fsp3) is 0.400. The van der Waals surface area contributed by atoms with Crippen molar-refractivity contribution in [1.82, 2.24) is 0 Å². The summed E-state index contributed by atoms with van der Waals surface area (Å²) in [5, 5.41) is 11.4. The van der Waals surface area contributed by atoms with Crippen molar-refractivity contribution in [2.45, 2.75) is 17.8 Å². The maximum Gasteiger partial charge on any atom is 0.231 e. The minimum atomic E-state index is -1.10. The van der Waals surface area contributed by atoms with Crippen LogP contribution in [0.4, 0.5) is 0 Å². The molecule has 2 aromatic rings. The lowest BCUT2D eigenvalue weighted by Crippen LogP contribution is -2.39. The molecule has 0 aliphatic carbocycles. The van der Waals surface area contributed by atoms with Gasteiger partial charge >= 0.3 is 0 Å². The van der Waals surface area contributed by atoms with Gasteiger partial charge in [-0.15, -0.1) is 0 Å². The summed E-state index contributed by atoms with van der Waals surface area (Å²) in [4.78, 5) is 0. The van der Waals surface area contributed by atoms with Gasteiger partial charge in [0.25, 0.3) is 0 Å². The third-order valence-corrected chi connectivity index (χ3v) is 5.82. The summed E-state index contributed by atoms with van der Waals surface area (Å²) in [5.74, 6) is 2.65. The Morgan fingerprint density at radius 3 is 2.15 bits per heavy atom. The molecule has 6 rings (SSSR count). The van der Waals surface area contributed by atoms with E-state index in [0.29, 0.717) is 23.9 Å². The van der Waals surface area contributed by atoms with Crippen LogP contribution in [-0.2, 0) is 9.47 Å². The molecule has 2 aromatic carbocycles. The number of benzene rings is 2. The Labute approximate surface area is 155 Å². The topological polar surface area (TPSA) is 75.6 Å². The number of fused-ring (bicyclic) bond motifs is 3. The minimum Gasteiger partial charge on any atom is -0.454 e. The van der Waals surface area contributed by atoms with Crippen molar-refractivity contribution in [1.29, 1.82) is 0 Å². The van der Waals surface area contributed by atoms with Gasteiger partial charge in [0.1, 0.15) is 11.7 Å². The van der Waals surface area contributed by atoms with Gasteiger partial charge in [0.05, 0.1) is 19.3 Å². The molecule has 2 saturated heterocycles. The fourth-order valence-electron chi connectivity index (χ4n) is 4.43. The van der Waals surface area contributed by atoms with E-state index in [1.807, 2.05) is 36.4 Å². The predicted molar refractivity (Wildman–Crippen MR) is 91.0 cm³/mol. The van der Waals surface area contributed by atoms with E-state index < -0.39 is 11.7 Å². The molecule has 7 heteroatoms. The molecule has 1 N–H and O–H groups in total. The fourth-order valence-corrected chi connectivity index (χ4v) is 4.43. The van der Waals surface area contributed by atoms with E-state index in [9.17, 15) is 5.11 Å². The minimum absolute atomic E-state index is 0.173. The third-order valence-electron chi connectivity index (χ3n) is 5.82. The van der Waals surface area contributed by atoms with Gasteiger partial charge in [-0.1, -0.05) is 12.1 Å².